The second kappa shape index (κ2) is 8.48. The molecule has 1 unspecified atom stereocenters. The first-order valence-corrected chi connectivity index (χ1v) is 7.37. The summed E-state index contributed by atoms with van der Waals surface area (Å²) in [5.41, 5.74) is 0. The average molecular weight is 255 g/mol. The quantitative estimate of drug-likeness (QED) is 0.722. The molecule has 0 aromatic carbocycles. The highest BCUT2D eigenvalue weighted by molar-refractivity contribution is 5.78. The third-order valence-corrected chi connectivity index (χ3v) is 3.25. The summed E-state index contributed by atoms with van der Waals surface area (Å²) < 4.78 is 0. The molecule has 1 heterocycles. The fourth-order valence-corrected chi connectivity index (χ4v) is 2.51. The van der Waals surface area contributed by atoms with E-state index >= 15 is 0 Å². The third-order valence-electron chi connectivity index (χ3n) is 3.25. The summed E-state index contributed by atoms with van der Waals surface area (Å²) in [6.45, 7) is 9.84. The van der Waals surface area contributed by atoms with Gasteiger partial charge in [0.05, 0.1) is 6.54 Å². The van der Waals surface area contributed by atoms with Gasteiger partial charge in [-0.3, -0.25) is 9.69 Å². The van der Waals surface area contributed by atoms with Crippen LogP contribution in [0.2, 0.25) is 0 Å². The largest absolute Gasteiger partial charge is 0.353 e. The Kier molecular flexibility index (Phi) is 7.28. The van der Waals surface area contributed by atoms with Crippen molar-refractivity contribution in [3.05, 3.63) is 0 Å². The molecule has 1 saturated heterocycles. The summed E-state index contributed by atoms with van der Waals surface area (Å²) in [4.78, 5) is 14.1. The Bertz CT molecular complexity index is 237. The minimum atomic E-state index is 0.147. The molecular formula is C14H29N3O. The van der Waals surface area contributed by atoms with Crippen molar-refractivity contribution in [3.63, 3.8) is 0 Å². The van der Waals surface area contributed by atoms with Crippen LogP contribution in [0.1, 0.15) is 46.5 Å². The highest BCUT2D eigenvalue weighted by Crippen LogP contribution is 2.08. The van der Waals surface area contributed by atoms with E-state index in [2.05, 4.69) is 22.5 Å². The Morgan fingerprint density at radius 1 is 1.44 bits per heavy atom. The summed E-state index contributed by atoms with van der Waals surface area (Å²) in [6.07, 6.45) is 4.95. The normalized spacial score (nSPS) is 20.4. The van der Waals surface area contributed by atoms with Crippen LogP contribution >= 0.6 is 0 Å². The number of carbonyl (C=O) groups is 1. The van der Waals surface area contributed by atoms with Crippen LogP contribution in [0.25, 0.3) is 0 Å². The van der Waals surface area contributed by atoms with E-state index < -0.39 is 0 Å². The highest BCUT2D eigenvalue weighted by Gasteiger charge is 2.18. The van der Waals surface area contributed by atoms with Gasteiger partial charge in [0.1, 0.15) is 0 Å². The monoisotopic (exact) mass is 255 g/mol. The van der Waals surface area contributed by atoms with Gasteiger partial charge < -0.3 is 10.6 Å². The Morgan fingerprint density at radius 2 is 2.22 bits per heavy atom. The predicted molar refractivity (Wildman–Crippen MR) is 75.7 cm³/mol. The number of amides is 1. The van der Waals surface area contributed by atoms with E-state index in [1.54, 1.807) is 0 Å². The molecule has 0 spiro atoms. The topological polar surface area (TPSA) is 44.4 Å². The maximum absolute atomic E-state index is 11.8. The van der Waals surface area contributed by atoms with Gasteiger partial charge in [-0.15, -0.1) is 0 Å². The van der Waals surface area contributed by atoms with Crippen molar-refractivity contribution in [2.75, 3.05) is 26.2 Å². The molecule has 0 aliphatic carbocycles. The van der Waals surface area contributed by atoms with Gasteiger partial charge in [0.15, 0.2) is 0 Å². The minimum Gasteiger partial charge on any atom is -0.353 e. The van der Waals surface area contributed by atoms with Crippen LogP contribution in [-0.4, -0.2) is 49.1 Å². The van der Waals surface area contributed by atoms with Gasteiger partial charge in [-0.1, -0.05) is 13.3 Å². The molecule has 0 aromatic heterocycles. The first-order chi connectivity index (χ1) is 8.61. The number of rotatable bonds is 7. The number of nitrogens with one attached hydrogen (secondary N) is 2. The summed E-state index contributed by atoms with van der Waals surface area (Å²) >= 11 is 0. The summed E-state index contributed by atoms with van der Waals surface area (Å²) in [6, 6.07) is 0.797. The molecule has 1 aliphatic rings. The molecule has 18 heavy (non-hydrogen) atoms. The van der Waals surface area contributed by atoms with E-state index in [-0.39, 0.29) is 11.9 Å². The summed E-state index contributed by atoms with van der Waals surface area (Å²) in [5, 5.41) is 6.52. The van der Waals surface area contributed by atoms with Crippen molar-refractivity contribution in [2.24, 2.45) is 0 Å². The van der Waals surface area contributed by atoms with E-state index in [9.17, 15) is 4.79 Å². The van der Waals surface area contributed by atoms with E-state index in [0.29, 0.717) is 12.6 Å². The Morgan fingerprint density at radius 3 is 2.78 bits per heavy atom. The molecule has 1 rings (SSSR count). The molecule has 1 aliphatic heterocycles. The van der Waals surface area contributed by atoms with Crippen LogP contribution in [0.15, 0.2) is 0 Å². The zero-order valence-corrected chi connectivity index (χ0v) is 12.2. The van der Waals surface area contributed by atoms with E-state index in [1.165, 1.54) is 19.3 Å². The lowest BCUT2D eigenvalue weighted by atomic mass is 10.0. The summed E-state index contributed by atoms with van der Waals surface area (Å²) in [7, 11) is 0. The van der Waals surface area contributed by atoms with E-state index in [1.807, 2.05) is 13.8 Å². The predicted octanol–water partition coefficient (Wildman–Crippen LogP) is 1.37. The van der Waals surface area contributed by atoms with E-state index in [4.69, 9.17) is 0 Å². The molecule has 0 saturated carbocycles. The molecule has 1 atom stereocenters. The Hall–Kier alpha value is -0.610. The van der Waals surface area contributed by atoms with E-state index in [0.717, 1.165) is 26.1 Å². The molecule has 0 aromatic rings. The van der Waals surface area contributed by atoms with Gasteiger partial charge in [-0.25, -0.2) is 0 Å². The zero-order chi connectivity index (χ0) is 13.4. The van der Waals surface area contributed by atoms with Gasteiger partial charge in [-0.2, -0.15) is 0 Å². The molecule has 4 nitrogen and oxygen atoms in total. The number of carbonyl (C=O) groups excluding carboxylic acids is 1. The molecule has 2 N–H and O–H groups in total. The smallest absolute Gasteiger partial charge is 0.234 e. The van der Waals surface area contributed by atoms with Crippen LogP contribution in [0.5, 0.6) is 0 Å². The Labute approximate surface area is 111 Å². The SMILES string of the molecule is CCCN(CC(=O)NC(C)C)CC1CCCCN1. The van der Waals surface area contributed by atoms with Crippen molar-refractivity contribution in [3.8, 4) is 0 Å². The lowest BCUT2D eigenvalue weighted by Gasteiger charge is -2.30. The van der Waals surface area contributed by atoms with Crippen LogP contribution in [0, 0.1) is 0 Å². The van der Waals surface area contributed by atoms with Crippen LogP contribution in [-0.2, 0) is 4.79 Å². The highest BCUT2D eigenvalue weighted by atomic mass is 16.2. The lowest BCUT2D eigenvalue weighted by Crippen LogP contribution is -2.47. The van der Waals surface area contributed by atoms with Crippen molar-refractivity contribution in [1.82, 2.24) is 15.5 Å². The van der Waals surface area contributed by atoms with Crippen LogP contribution in [0.4, 0.5) is 0 Å². The third kappa shape index (κ3) is 6.36. The number of hydrogen-bond acceptors (Lipinski definition) is 3. The molecule has 1 fully saturated rings. The first-order valence-electron chi connectivity index (χ1n) is 7.37. The molecular weight excluding hydrogens is 226 g/mol. The number of nitrogens with zero attached hydrogens (tertiary/aromatic N) is 1. The van der Waals surface area contributed by atoms with Crippen LogP contribution < -0.4 is 10.6 Å². The maximum atomic E-state index is 11.8. The fraction of sp³-hybridized carbons (Fsp3) is 0.929. The van der Waals surface area contributed by atoms with Crippen molar-refractivity contribution in [2.45, 2.75) is 58.5 Å². The van der Waals surface area contributed by atoms with Gasteiger partial charge in [0, 0.05) is 18.6 Å². The second-order valence-electron chi connectivity index (χ2n) is 5.60. The molecule has 0 bridgehead atoms. The first kappa shape index (κ1) is 15.4. The van der Waals surface area contributed by atoms with Crippen LogP contribution in [0.3, 0.4) is 0 Å². The fourth-order valence-electron chi connectivity index (χ4n) is 2.51. The van der Waals surface area contributed by atoms with Gasteiger partial charge >= 0.3 is 0 Å². The minimum absolute atomic E-state index is 0.147. The van der Waals surface area contributed by atoms with Crippen molar-refractivity contribution in [1.29, 1.82) is 0 Å². The molecule has 106 valence electrons. The second-order valence-corrected chi connectivity index (χ2v) is 5.60. The molecule has 1 amide bonds. The van der Waals surface area contributed by atoms with Gasteiger partial charge in [0.2, 0.25) is 5.91 Å². The lowest BCUT2D eigenvalue weighted by molar-refractivity contribution is -0.122. The number of piperidine rings is 1. The molecule has 4 heteroatoms. The maximum Gasteiger partial charge on any atom is 0.234 e. The summed E-state index contributed by atoms with van der Waals surface area (Å²) in [5.74, 6) is 0.147. The zero-order valence-electron chi connectivity index (χ0n) is 12.2. The molecule has 0 radical (unpaired) electrons. The van der Waals surface area contributed by atoms with Crippen molar-refractivity contribution < 1.29 is 4.79 Å². The van der Waals surface area contributed by atoms with Gasteiger partial charge in [0.25, 0.3) is 0 Å². The van der Waals surface area contributed by atoms with Gasteiger partial charge in [-0.05, 0) is 46.2 Å². The average Bonchev–Trinajstić information content (AvgIpc) is 2.29. The van der Waals surface area contributed by atoms with Crippen molar-refractivity contribution >= 4 is 5.91 Å². The Balaban J connectivity index is 2.35. The number of hydrogen-bond donors (Lipinski definition) is 2. The standard InChI is InChI=1S/C14H29N3O/c1-4-9-17(11-14(18)16-12(2)3)10-13-7-5-6-8-15-13/h12-13,15H,4-11H2,1-3H3,(H,16,18).